The van der Waals surface area contributed by atoms with E-state index in [0.29, 0.717) is 0 Å². The molecule has 0 aromatic heterocycles. The molecule has 0 aromatic rings. The largest absolute Gasteiger partial charge is 0.383 e. The lowest BCUT2D eigenvalue weighted by atomic mass is 10.2. The molecule has 0 amide bonds. The van der Waals surface area contributed by atoms with Crippen LogP contribution in [-0.2, 0) is 9.47 Å². The molecule has 1 saturated carbocycles. The summed E-state index contributed by atoms with van der Waals surface area (Å²) in [6.45, 7) is 6.04. The van der Waals surface area contributed by atoms with Crippen molar-refractivity contribution in [3.63, 3.8) is 0 Å². The van der Waals surface area contributed by atoms with E-state index in [1.165, 1.54) is 51.6 Å². The van der Waals surface area contributed by atoms with E-state index in [1.807, 2.05) is 0 Å². The predicted octanol–water partition coefficient (Wildman–Crippen LogP) is 1.89. The molecule has 0 aliphatic heterocycles. The molecule has 0 spiro atoms. The maximum absolute atomic E-state index is 5.15. The van der Waals surface area contributed by atoms with Gasteiger partial charge in [-0.2, -0.15) is 0 Å². The van der Waals surface area contributed by atoms with Crippen LogP contribution in [0.15, 0.2) is 0 Å². The summed E-state index contributed by atoms with van der Waals surface area (Å²) in [7, 11) is 3.53. The van der Waals surface area contributed by atoms with Crippen LogP contribution >= 0.6 is 0 Å². The highest BCUT2D eigenvalue weighted by molar-refractivity contribution is 4.80. The van der Waals surface area contributed by atoms with Crippen LogP contribution in [0.3, 0.4) is 0 Å². The Morgan fingerprint density at radius 2 is 1.53 bits per heavy atom. The standard InChI is InChI=1S/C15H32N2O2/c1-18-13-11-17(12-14-19-2)10-6-4-3-5-9-16-15-7-8-15/h15-16H,3-14H2,1-2H3. The van der Waals surface area contributed by atoms with Gasteiger partial charge in [0.1, 0.15) is 0 Å². The molecule has 0 atom stereocenters. The van der Waals surface area contributed by atoms with Crippen LogP contribution in [0.1, 0.15) is 38.5 Å². The number of nitrogens with zero attached hydrogens (tertiary/aromatic N) is 1. The monoisotopic (exact) mass is 272 g/mol. The third-order valence-electron chi connectivity index (χ3n) is 3.63. The fraction of sp³-hybridized carbons (Fsp3) is 1.00. The molecule has 1 aliphatic rings. The molecular weight excluding hydrogens is 240 g/mol. The lowest BCUT2D eigenvalue weighted by Gasteiger charge is -2.21. The average Bonchev–Trinajstić information content (AvgIpc) is 3.24. The van der Waals surface area contributed by atoms with Gasteiger partial charge in [0.25, 0.3) is 0 Å². The Morgan fingerprint density at radius 3 is 2.11 bits per heavy atom. The second-order valence-corrected chi connectivity index (χ2v) is 5.47. The summed E-state index contributed by atoms with van der Waals surface area (Å²) in [5.41, 5.74) is 0. The number of hydrogen-bond acceptors (Lipinski definition) is 4. The van der Waals surface area contributed by atoms with E-state index in [9.17, 15) is 0 Å². The average molecular weight is 272 g/mol. The highest BCUT2D eigenvalue weighted by Crippen LogP contribution is 2.18. The van der Waals surface area contributed by atoms with Crippen molar-refractivity contribution in [3.8, 4) is 0 Å². The Hall–Kier alpha value is -0.160. The van der Waals surface area contributed by atoms with Crippen molar-refractivity contribution in [2.45, 2.75) is 44.6 Å². The third-order valence-corrected chi connectivity index (χ3v) is 3.63. The molecule has 1 aliphatic carbocycles. The van der Waals surface area contributed by atoms with Crippen molar-refractivity contribution in [2.75, 3.05) is 53.6 Å². The molecule has 114 valence electrons. The van der Waals surface area contributed by atoms with E-state index < -0.39 is 0 Å². The summed E-state index contributed by atoms with van der Waals surface area (Å²) in [5, 5.41) is 3.57. The van der Waals surface area contributed by atoms with Gasteiger partial charge in [0.15, 0.2) is 0 Å². The van der Waals surface area contributed by atoms with E-state index in [2.05, 4.69) is 10.2 Å². The summed E-state index contributed by atoms with van der Waals surface area (Å²) in [5.74, 6) is 0. The van der Waals surface area contributed by atoms with Gasteiger partial charge in [-0.3, -0.25) is 4.90 Å². The second kappa shape index (κ2) is 11.6. The van der Waals surface area contributed by atoms with Crippen molar-refractivity contribution in [1.29, 1.82) is 0 Å². The van der Waals surface area contributed by atoms with Crippen LogP contribution in [0.4, 0.5) is 0 Å². The Kier molecular flexibility index (Phi) is 10.4. The van der Waals surface area contributed by atoms with Crippen molar-refractivity contribution in [1.82, 2.24) is 10.2 Å². The Labute approximate surface area is 118 Å². The van der Waals surface area contributed by atoms with Crippen molar-refractivity contribution < 1.29 is 9.47 Å². The Bertz CT molecular complexity index is 191. The fourth-order valence-electron chi connectivity index (χ4n) is 2.18. The molecule has 0 unspecified atom stereocenters. The van der Waals surface area contributed by atoms with Gasteiger partial charge < -0.3 is 14.8 Å². The number of nitrogens with one attached hydrogen (secondary N) is 1. The van der Waals surface area contributed by atoms with Gasteiger partial charge in [-0.15, -0.1) is 0 Å². The first-order valence-corrected chi connectivity index (χ1v) is 7.80. The van der Waals surface area contributed by atoms with Crippen LogP contribution < -0.4 is 5.32 Å². The molecule has 1 fully saturated rings. The van der Waals surface area contributed by atoms with E-state index in [0.717, 1.165) is 32.3 Å². The van der Waals surface area contributed by atoms with Gasteiger partial charge in [0, 0.05) is 33.4 Å². The Morgan fingerprint density at radius 1 is 0.895 bits per heavy atom. The number of hydrogen-bond donors (Lipinski definition) is 1. The molecule has 19 heavy (non-hydrogen) atoms. The van der Waals surface area contributed by atoms with E-state index in [-0.39, 0.29) is 0 Å². The molecule has 0 bridgehead atoms. The molecule has 0 heterocycles. The molecular formula is C15H32N2O2. The van der Waals surface area contributed by atoms with Gasteiger partial charge in [-0.25, -0.2) is 0 Å². The smallest absolute Gasteiger partial charge is 0.0589 e. The fourth-order valence-corrected chi connectivity index (χ4v) is 2.18. The zero-order chi connectivity index (χ0) is 13.8. The van der Waals surface area contributed by atoms with Gasteiger partial charge in [0.2, 0.25) is 0 Å². The minimum atomic E-state index is 0.815. The molecule has 4 nitrogen and oxygen atoms in total. The maximum atomic E-state index is 5.15. The minimum absolute atomic E-state index is 0.815. The highest BCUT2D eigenvalue weighted by Gasteiger charge is 2.19. The first kappa shape index (κ1) is 16.9. The minimum Gasteiger partial charge on any atom is -0.383 e. The van der Waals surface area contributed by atoms with Crippen LogP contribution in [0.2, 0.25) is 0 Å². The highest BCUT2D eigenvalue weighted by atomic mass is 16.5. The number of rotatable bonds is 14. The van der Waals surface area contributed by atoms with Gasteiger partial charge in [0.05, 0.1) is 13.2 Å². The molecule has 0 aromatic carbocycles. The summed E-state index contributed by atoms with van der Waals surface area (Å²) in [4.78, 5) is 2.44. The Balaban J connectivity index is 1.89. The second-order valence-electron chi connectivity index (χ2n) is 5.47. The van der Waals surface area contributed by atoms with E-state index in [4.69, 9.17) is 9.47 Å². The van der Waals surface area contributed by atoms with Crippen LogP contribution in [0, 0.1) is 0 Å². The van der Waals surface area contributed by atoms with E-state index >= 15 is 0 Å². The summed E-state index contributed by atoms with van der Waals surface area (Å²) >= 11 is 0. The lowest BCUT2D eigenvalue weighted by Crippen LogP contribution is -2.31. The lowest BCUT2D eigenvalue weighted by molar-refractivity contribution is 0.113. The van der Waals surface area contributed by atoms with Crippen molar-refractivity contribution in [2.24, 2.45) is 0 Å². The summed E-state index contributed by atoms with van der Waals surface area (Å²) in [6.07, 6.45) is 8.09. The van der Waals surface area contributed by atoms with E-state index in [1.54, 1.807) is 14.2 Å². The zero-order valence-electron chi connectivity index (χ0n) is 12.8. The zero-order valence-corrected chi connectivity index (χ0v) is 12.8. The molecule has 1 N–H and O–H groups in total. The summed E-state index contributed by atoms with van der Waals surface area (Å²) < 4.78 is 10.3. The SMILES string of the molecule is COCCN(CCCCCCNC1CC1)CCOC. The topological polar surface area (TPSA) is 33.7 Å². The van der Waals surface area contributed by atoms with Crippen LogP contribution in [-0.4, -0.2) is 64.6 Å². The van der Waals surface area contributed by atoms with Crippen molar-refractivity contribution in [3.05, 3.63) is 0 Å². The van der Waals surface area contributed by atoms with Gasteiger partial charge in [-0.05, 0) is 38.8 Å². The van der Waals surface area contributed by atoms with Crippen LogP contribution in [0.5, 0.6) is 0 Å². The van der Waals surface area contributed by atoms with Crippen molar-refractivity contribution >= 4 is 0 Å². The first-order valence-electron chi connectivity index (χ1n) is 7.80. The predicted molar refractivity (Wildman–Crippen MR) is 79.7 cm³/mol. The molecule has 0 saturated heterocycles. The number of methoxy groups -OCH3 is 2. The van der Waals surface area contributed by atoms with Gasteiger partial charge in [-0.1, -0.05) is 12.8 Å². The summed E-state index contributed by atoms with van der Waals surface area (Å²) in [6, 6.07) is 0.860. The molecule has 4 heteroatoms. The normalized spacial score (nSPS) is 15.3. The first-order chi connectivity index (χ1) is 9.36. The molecule has 1 rings (SSSR count). The van der Waals surface area contributed by atoms with Crippen LogP contribution in [0.25, 0.3) is 0 Å². The quantitative estimate of drug-likeness (QED) is 0.490. The number of unbranched alkanes of at least 4 members (excludes halogenated alkanes) is 3. The number of ether oxygens (including phenoxy) is 2. The maximum Gasteiger partial charge on any atom is 0.0589 e. The molecule has 0 radical (unpaired) electrons. The third kappa shape index (κ3) is 10.3. The van der Waals surface area contributed by atoms with Gasteiger partial charge >= 0.3 is 0 Å².